The Morgan fingerprint density at radius 3 is 2.16 bits per heavy atom. The Kier molecular flexibility index (Phi) is 5.10. The van der Waals surface area contributed by atoms with Gasteiger partial charge in [-0.1, -0.05) is 0 Å². The molecule has 0 spiro atoms. The average molecular weight is 295 g/mol. The first kappa shape index (κ1) is 16.1. The normalized spacial score (nSPS) is 23.0. The molecule has 0 aliphatic heterocycles. The fraction of sp³-hybridized carbons (Fsp3) is 0.538. The lowest BCUT2D eigenvalue weighted by Gasteiger charge is -2.27. The van der Waals surface area contributed by atoms with Gasteiger partial charge in [0.25, 0.3) is 0 Å². The Hall–Kier alpha value is -0.940. The minimum Gasteiger partial charge on any atom is -0.372 e. The molecule has 1 fully saturated rings. The van der Waals surface area contributed by atoms with Gasteiger partial charge in [-0.25, -0.2) is 0 Å². The van der Waals surface area contributed by atoms with Crippen molar-refractivity contribution >= 4 is 18.1 Å². The van der Waals surface area contributed by atoms with Gasteiger partial charge in [0, 0.05) is 24.8 Å². The molecule has 0 bridgehead atoms. The topological polar surface area (TPSA) is 29.3 Å². The second-order valence-electron chi connectivity index (χ2n) is 4.88. The maximum absolute atomic E-state index is 12.4. The molecule has 2 nitrogen and oxygen atoms in total. The molecular weight excluding hydrogens is 277 g/mol. The van der Waals surface area contributed by atoms with Crippen molar-refractivity contribution in [3.05, 3.63) is 29.8 Å². The van der Waals surface area contributed by atoms with E-state index in [-0.39, 0.29) is 18.4 Å². The molecule has 0 heterocycles. The predicted molar refractivity (Wildman–Crippen MR) is 72.7 cm³/mol. The van der Waals surface area contributed by atoms with E-state index in [1.165, 1.54) is 12.1 Å². The fourth-order valence-electron chi connectivity index (χ4n) is 2.44. The molecule has 19 heavy (non-hydrogen) atoms. The van der Waals surface area contributed by atoms with Gasteiger partial charge in [0.1, 0.15) is 0 Å². The van der Waals surface area contributed by atoms with Gasteiger partial charge in [0.05, 0.1) is 5.56 Å². The number of alkyl halides is 3. The van der Waals surface area contributed by atoms with Crippen molar-refractivity contribution in [1.82, 2.24) is 0 Å². The van der Waals surface area contributed by atoms with Crippen LogP contribution in [-0.2, 0) is 6.18 Å². The summed E-state index contributed by atoms with van der Waals surface area (Å²) in [5.74, 6) is 0. The van der Waals surface area contributed by atoms with Gasteiger partial charge in [-0.05, 0) is 43.5 Å². The molecule has 1 aromatic rings. The summed E-state index contributed by atoms with van der Waals surface area (Å²) in [6.07, 6.45) is -1.39. The van der Waals surface area contributed by atoms with Gasteiger partial charge in [-0.15, -0.1) is 12.4 Å². The molecule has 2 rings (SSSR count). The van der Waals surface area contributed by atoms with E-state index in [9.17, 15) is 13.2 Å². The maximum atomic E-state index is 12.4. The average Bonchev–Trinajstić information content (AvgIpc) is 2.74. The minimum absolute atomic E-state index is 0. The molecule has 108 valence electrons. The Balaban J connectivity index is 0.00000180. The summed E-state index contributed by atoms with van der Waals surface area (Å²) in [5, 5.41) is 0. The zero-order valence-corrected chi connectivity index (χ0v) is 11.5. The lowest BCUT2D eigenvalue weighted by atomic mass is 10.1. The molecule has 2 atom stereocenters. The third-order valence-corrected chi connectivity index (χ3v) is 3.60. The Bertz CT molecular complexity index is 405. The van der Waals surface area contributed by atoms with Crippen molar-refractivity contribution in [3.63, 3.8) is 0 Å². The van der Waals surface area contributed by atoms with Crippen LogP contribution in [0, 0.1) is 0 Å². The van der Waals surface area contributed by atoms with Crippen LogP contribution in [0.15, 0.2) is 24.3 Å². The number of anilines is 1. The molecule has 2 N–H and O–H groups in total. The number of hydrogen-bond acceptors (Lipinski definition) is 2. The summed E-state index contributed by atoms with van der Waals surface area (Å²) in [6.45, 7) is 0. The molecule has 0 radical (unpaired) electrons. The number of benzene rings is 1. The van der Waals surface area contributed by atoms with Gasteiger partial charge in [0.15, 0.2) is 0 Å². The van der Waals surface area contributed by atoms with Crippen LogP contribution in [0.5, 0.6) is 0 Å². The standard InChI is InChI=1S/C13H17F3N2.ClH/c1-18(12-7-4-10(17)8-12)11-5-2-9(3-6-11)13(14,15)16;/h2-3,5-6,10,12H,4,7-8,17H2,1H3;1H/t10-,12-;/m0./s1. The Morgan fingerprint density at radius 2 is 1.74 bits per heavy atom. The molecular formula is C13H18ClF3N2. The zero-order valence-electron chi connectivity index (χ0n) is 10.7. The molecule has 1 saturated carbocycles. The lowest BCUT2D eigenvalue weighted by Crippen LogP contribution is -2.30. The van der Waals surface area contributed by atoms with Crippen LogP contribution in [0.4, 0.5) is 18.9 Å². The first-order chi connectivity index (χ1) is 8.38. The SMILES string of the molecule is CN(c1ccc(C(F)(F)F)cc1)[C@H]1CC[C@H](N)C1.Cl. The number of nitrogens with two attached hydrogens (primary N) is 1. The zero-order chi connectivity index (χ0) is 13.3. The van der Waals surface area contributed by atoms with E-state index < -0.39 is 11.7 Å². The molecule has 0 aromatic heterocycles. The summed E-state index contributed by atoms with van der Waals surface area (Å²) in [7, 11) is 1.91. The molecule has 1 aromatic carbocycles. The first-order valence-electron chi connectivity index (χ1n) is 6.03. The second-order valence-corrected chi connectivity index (χ2v) is 4.88. The monoisotopic (exact) mass is 294 g/mol. The highest BCUT2D eigenvalue weighted by Gasteiger charge is 2.30. The van der Waals surface area contributed by atoms with Crippen molar-refractivity contribution in [2.24, 2.45) is 5.73 Å². The van der Waals surface area contributed by atoms with Crippen LogP contribution in [0.1, 0.15) is 24.8 Å². The lowest BCUT2D eigenvalue weighted by molar-refractivity contribution is -0.137. The summed E-state index contributed by atoms with van der Waals surface area (Å²) < 4.78 is 37.3. The second kappa shape index (κ2) is 6.01. The first-order valence-corrected chi connectivity index (χ1v) is 6.03. The van der Waals surface area contributed by atoms with Crippen LogP contribution in [0.25, 0.3) is 0 Å². The number of nitrogens with zero attached hydrogens (tertiary/aromatic N) is 1. The highest BCUT2D eigenvalue weighted by Crippen LogP contribution is 2.32. The Morgan fingerprint density at radius 1 is 1.16 bits per heavy atom. The fourth-order valence-corrected chi connectivity index (χ4v) is 2.44. The molecule has 1 aliphatic rings. The molecule has 0 amide bonds. The van der Waals surface area contributed by atoms with E-state index >= 15 is 0 Å². The third kappa shape index (κ3) is 3.76. The quantitative estimate of drug-likeness (QED) is 0.905. The van der Waals surface area contributed by atoms with Crippen LogP contribution in [0.3, 0.4) is 0 Å². The number of halogens is 4. The third-order valence-electron chi connectivity index (χ3n) is 3.60. The van der Waals surface area contributed by atoms with Crippen LogP contribution in [0.2, 0.25) is 0 Å². The molecule has 6 heteroatoms. The summed E-state index contributed by atoms with van der Waals surface area (Å²) in [5.41, 5.74) is 6.05. The molecule has 0 unspecified atom stereocenters. The molecule has 1 aliphatic carbocycles. The molecule has 0 saturated heterocycles. The minimum atomic E-state index is -4.27. The van der Waals surface area contributed by atoms with Crippen LogP contribution in [-0.4, -0.2) is 19.1 Å². The van der Waals surface area contributed by atoms with Gasteiger partial charge < -0.3 is 10.6 Å². The summed E-state index contributed by atoms with van der Waals surface area (Å²) in [4.78, 5) is 2.02. The van der Waals surface area contributed by atoms with E-state index in [2.05, 4.69) is 0 Å². The summed E-state index contributed by atoms with van der Waals surface area (Å²) >= 11 is 0. The van der Waals surface area contributed by atoms with Crippen LogP contribution >= 0.6 is 12.4 Å². The predicted octanol–water partition coefficient (Wildman–Crippen LogP) is 3.44. The maximum Gasteiger partial charge on any atom is 0.416 e. The van der Waals surface area contributed by atoms with E-state index in [4.69, 9.17) is 5.73 Å². The van der Waals surface area contributed by atoms with E-state index in [1.54, 1.807) is 0 Å². The number of rotatable bonds is 2. The van der Waals surface area contributed by atoms with Crippen molar-refractivity contribution < 1.29 is 13.2 Å². The summed E-state index contributed by atoms with van der Waals surface area (Å²) in [6, 6.07) is 5.84. The van der Waals surface area contributed by atoms with Gasteiger partial charge in [0.2, 0.25) is 0 Å². The Labute approximate surface area is 117 Å². The highest BCUT2D eigenvalue weighted by molar-refractivity contribution is 5.85. The number of hydrogen-bond donors (Lipinski definition) is 1. The van der Waals surface area contributed by atoms with Crippen molar-refractivity contribution in [2.75, 3.05) is 11.9 Å². The van der Waals surface area contributed by atoms with Crippen LogP contribution < -0.4 is 10.6 Å². The van der Waals surface area contributed by atoms with Gasteiger partial charge in [-0.3, -0.25) is 0 Å². The van der Waals surface area contributed by atoms with Crippen molar-refractivity contribution in [3.8, 4) is 0 Å². The largest absolute Gasteiger partial charge is 0.416 e. The highest BCUT2D eigenvalue weighted by atomic mass is 35.5. The van der Waals surface area contributed by atoms with Gasteiger partial charge >= 0.3 is 6.18 Å². The van der Waals surface area contributed by atoms with E-state index in [0.29, 0.717) is 6.04 Å². The van der Waals surface area contributed by atoms with Gasteiger partial charge in [-0.2, -0.15) is 13.2 Å². The van der Waals surface area contributed by atoms with E-state index in [0.717, 1.165) is 37.1 Å². The smallest absolute Gasteiger partial charge is 0.372 e. The van der Waals surface area contributed by atoms with Crippen molar-refractivity contribution in [2.45, 2.75) is 37.5 Å². The van der Waals surface area contributed by atoms with Crippen molar-refractivity contribution in [1.29, 1.82) is 0 Å². The van der Waals surface area contributed by atoms with E-state index in [1.807, 2.05) is 11.9 Å².